The van der Waals surface area contributed by atoms with E-state index in [0.29, 0.717) is 17.9 Å². The lowest BCUT2D eigenvalue weighted by molar-refractivity contribution is -0.138. The summed E-state index contributed by atoms with van der Waals surface area (Å²) in [6, 6.07) is 6.12. The molecule has 118 valence electrons. The molecule has 0 bridgehead atoms. The summed E-state index contributed by atoms with van der Waals surface area (Å²) in [5.41, 5.74) is 0. The van der Waals surface area contributed by atoms with Gasteiger partial charge in [-0.1, -0.05) is 0 Å². The van der Waals surface area contributed by atoms with Crippen LogP contribution in [0.4, 0.5) is 0 Å². The van der Waals surface area contributed by atoms with E-state index < -0.39 is 24.0 Å². The number of hydrogen-bond donors (Lipinski definition) is 2. The van der Waals surface area contributed by atoms with Crippen LogP contribution in [0.5, 0.6) is 11.5 Å². The fourth-order valence-corrected chi connectivity index (χ4v) is 2.03. The van der Waals surface area contributed by atoms with Crippen molar-refractivity contribution in [3.05, 3.63) is 24.3 Å². The predicted molar refractivity (Wildman–Crippen MR) is 77.4 cm³/mol. The van der Waals surface area contributed by atoms with Crippen LogP contribution in [0.1, 0.15) is 19.8 Å². The van der Waals surface area contributed by atoms with Crippen molar-refractivity contribution in [2.75, 3.05) is 7.11 Å². The molecule has 1 aromatic carbocycles. The zero-order valence-electron chi connectivity index (χ0n) is 12.4. The molecule has 7 heteroatoms. The van der Waals surface area contributed by atoms with Gasteiger partial charge in [-0.05, 0) is 37.6 Å². The quantitative estimate of drug-likeness (QED) is 0.767. The van der Waals surface area contributed by atoms with Crippen LogP contribution in [-0.2, 0) is 14.4 Å². The average molecular weight is 306 g/mol. The smallest absolute Gasteiger partial charge is 0.261 e. The third-order valence-corrected chi connectivity index (χ3v) is 3.30. The molecule has 0 aliphatic carbocycles. The molecule has 1 heterocycles. The minimum absolute atomic E-state index is 0.213. The number of carbonyl (C=O) groups is 3. The van der Waals surface area contributed by atoms with Crippen LogP contribution in [-0.4, -0.2) is 37.0 Å². The molecule has 1 aromatic rings. The first-order valence-electron chi connectivity index (χ1n) is 6.94. The molecule has 2 atom stereocenters. The average Bonchev–Trinajstić information content (AvgIpc) is 2.50. The zero-order valence-corrected chi connectivity index (χ0v) is 12.4. The molecule has 1 saturated heterocycles. The summed E-state index contributed by atoms with van der Waals surface area (Å²) < 4.78 is 10.5. The minimum atomic E-state index is -0.765. The Hall–Kier alpha value is -2.57. The molecule has 3 amide bonds. The maximum Gasteiger partial charge on any atom is 0.261 e. The number of ether oxygens (including phenoxy) is 2. The molecule has 0 saturated carbocycles. The number of rotatable bonds is 5. The van der Waals surface area contributed by atoms with Crippen LogP contribution in [0, 0.1) is 0 Å². The van der Waals surface area contributed by atoms with E-state index >= 15 is 0 Å². The number of methoxy groups -OCH3 is 1. The number of amides is 3. The highest BCUT2D eigenvalue weighted by Crippen LogP contribution is 2.18. The van der Waals surface area contributed by atoms with Crippen LogP contribution in [0.25, 0.3) is 0 Å². The molecule has 2 unspecified atom stereocenters. The normalized spacial score (nSPS) is 19.1. The van der Waals surface area contributed by atoms with Gasteiger partial charge in [-0.25, -0.2) is 0 Å². The highest BCUT2D eigenvalue weighted by Gasteiger charge is 2.29. The van der Waals surface area contributed by atoms with Gasteiger partial charge in [0, 0.05) is 6.42 Å². The number of nitrogens with one attached hydrogen (secondary N) is 2. The summed E-state index contributed by atoms with van der Waals surface area (Å²) in [5, 5.41) is 4.77. The van der Waals surface area contributed by atoms with Crippen molar-refractivity contribution < 1.29 is 23.9 Å². The predicted octanol–water partition coefficient (Wildman–Crippen LogP) is 0.384. The molecule has 1 fully saturated rings. The first kappa shape index (κ1) is 15.8. The van der Waals surface area contributed by atoms with Crippen molar-refractivity contribution in [2.24, 2.45) is 0 Å². The van der Waals surface area contributed by atoms with E-state index in [1.807, 2.05) is 0 Å². The molecule has 2 N–H and O–H groups in total. The number of carbonyl (C=O) groups excluding carboxylic acids is 3. The Labute approximate surface area is 128 Å². The van der Waals surface area contributed by atoms with Gasteiger partial charge >= 0.3 is 0 Å². The molecule has 1 aliphatic rings. The maximum absolute atomic E-state index is 12.0. The second-order valence-corrected chi connectivity index (χ2v) is 4.95. The number of hydrogen-bond acceptors (Lipinski definition) is 5. The van der Waals surface area contributed by atoms with E-state index in [1.165, 1.54) is 0 Å². The zero-order chi connectivity index (χ0) is 16.1. The first-order valence-corrected chi connectivity index (χ1v) is 6.94. The summed E-state index contributed by atoms with van der Waals surface area (Å²) in [7, 11) is 1.56. The van der Waals surface area contributed by atoms with Crippen molar-refractivity contribution in [3.63, 3.8) is 0 Å². The lowest BCUT2D eigenvalue weighted by atomic mass is 10.1. The highest BCUT2D eigenvalue weighted by atomic mass is 16.5. The highest BCUT2D eigenvalue weighted by molar-refractivity contribution is 6.01. The molecule has 0 spiro atoms. The van der Waals surface area contributed by atoms with Crippen molar-refractivity contribution in [3.8, 4) is 11.5 Å². The molecular weight excluding hydrogens is 288 g/mol. The lowest BCUT2D eigenvalue weighted by Crippen LogP contribution is -2.54. The first-order chi connectivity index (χ1) is 10.5. The van der Waals surface area contributed by atoms with E-state index in [1.54, 1.807) is 38.3 Å². The topological polar surface area (TPSA) is 93.7 Å². The molecule has 7 nitrogen and oxygen atoms in total. The fraction of sp³-hybridized carbons (Fsp3) is 0.400. The standard InChI is InChI=1S/C15H18N2O5/c1-9(22-11-5-3-10(21-2)4-6-11)14(19)16-12-7-8-13(18)17-15(12)20/h3-6,9,12H,7-8H2,1-2H3,(H,16,19)(H,17,18,20). The number of imide groups is 1. The van der Waals surface area contributed by atoms with E-state index in [4.69, 9.17) is 9.47 Å². The Bertz CT molecular complexity index is 570. The van der Waals surface area contributed by atoms with Crippen molar-refractivity contribution in [2.45, 2.75) is 31.9 Å². The Kier molecular flexibility index (Phi) is 4.98. The molecule has 0 radical (unpaired) electrons. The van der Waals surface area contributed by atoms with E-state index in [9.17, 15) is 14.4 Å². The van der Waals surface area contributed by atoms with Crippen molar-refractivity contribution in [1.29, 1.82) is 0 Å². The third kappa shape index (κ3) is 3.97. The number of benzene rings is 1. The van der Waals surface area contributed by atoms with Crippen LogP contribution in [0.3, 0.4) is 0 Å². The third-order valence-electron chi connectivity index (χ3n) is 3.30. The summed E-state index contributed by atoms with van der Waals surface area (Å²) in [5.74, 6) is -0.00989. The van der Waals surface area contributed by atoms with Gasteiger partial charge in [-0.2, -0.15) is 0 Å². The molecule has 22 heavy (non-hydrogen) atoms. The monoisotopic (exact) mass is 306 g/mol. The summed E-state index contributed by atoms with van der Waals surface area (Å²) in [6.45, 7) is 1.59. The van der Waals surface area contributed by atoms with Gasteiger partial charge in [-0.3, -0.25) is 19.7 Å². The molecule has 2 rings (SSSR count). The molecular formula is C15H18N2O5. The van der Waals surface area contributed by atoms with Crippen LogP contribution in [0.15, 0.2) is 24.3 Å². The lowest BCUT2D eigenvalue weighted by Gasteiger charge is -2.23. The second-order valence-electron chi connectivity index (χ2n) is 4.95. The second kappa shape index (κ2) is 6.93. The van der Waals surface area contributed by atoms with Crippen LogP contribution >= 0.6 is 0 Å². The summed E-state index contributed by atoms with van der Waals surface area (Å²) >= 11 is 0. The van der Waals surface area contributed by atoms with Gasteiger partial charge in [0.25, 0.3) is 5.91 Å². The minimum Gasteiger partial charge on any atom is -0.497 e. The molecule has 0 aromatic heterocycles. The van der Waals surface area contributed by atoms with Gasteiger partial charge in [0.15, 0.2) is 6.10 Å². The van der Waals surface area contributed by atoms with Gasteiger partial charge < -0.3 is 14.8 Å². The van der Waals surface area contributed by atoms with Gasteiger partial charge in [0.1, 0.15) is 17.5 Å². The Morgan fingerprint density at radius 2 is 1.91 bits per heavy atom. The molecule has 1 aliphatic heterocycles. The Morgan fingerprint density at radius 1 is 1.27 bits per heavy atom. The van der Waals surface area contributed by atoms with Crippen molar-refractivity contribution >= 4 is 17.7 Å². The van der Waals surface area contributed by atoms with Gasteiger partial charge in [-0.15, -0.1) is 0 Å². The van der Waals surface area contributed by atoms with Gasteiger partial charge in [0.05, 0.1) is 7.11 Å². The Morgan fingerprint density at radius 3 is 2.50 bits per heavy atom. The van der Waals surface area contributed by atoms with E-state index in [0.717, 1.165) is 0 Å². The summed E-state index contributed by atoms with van der Waals surface area (Å²) in [6.07, 6.45) is -0.255. The van der Waals surface area contributed by atoms with Gasteiger partial charge in [0.2, 0.25) is 11.8 Å². The van der Waals surface area contributed by atoms with Crippen LogP contribution < -0.4 is 20.1 Å². The van der Waals surface area contributed by atoms with E-state index in [-0.39, 0.29) is 12.3 Å². The maximum atomic E-state index is 12.0. The van der Waals surface area contributed by atoms with E-state index in [2.05, 4.69) is 10.6 Å². The number of piperidine rings is 1. The fourth-order valence-electron chi connectivity index (χ4n) is 2.03. The van der Waals surface area contributed by atoms with Crippen molar-refractivity contribution in [1.82, 2.24) is 10.6 Å². The SMILES string of the molecule is COc1ccc(OC(C)C(=O)NC2CCC(=O)NC2=O)cc1. The Balaban J connectivity index is 1.88. The largest absolute Gasteiger partial charge is 0.497 e. The summed E-state index contributed by atoms with van der Waals surface area (Å²) in [4.78, 5) is 34.7. The van der Waals surface area contributed by atoms with Crippen LogP contribution in [0.2, 0.25) is 0 Å².